The molecule has 0 spiro atoms. The van der Waals surface area contributed by atoms with Gasteiger partial charge in [0.2, 0.25) is 0 Å². The molecule has 2 rings (SSSR count). The van der Waals surface area contributed by atoms with Gasteiger partial charge < -0.3 is 0 Å². The Labute approximate surface area is 173 Å². The molecule has 0 radical (unpaired) electrons. The van der Waals surface area contributed by atoms with Crippen LogP contribution in [0.25, 0.3) is 0 Å². The molecule has 150 valence electrons. The monoisotopic (exact) mass is 520 g/mol. The van der Waals surface area contributed by atoms with Gasteiger partial charge in [0.15, 0.2) is 0 Å². The molecule has 2 N–H and O–H groups in total. The normalized spacial score (nSPS) is 13.1. The van der Waals surface area contributed by atoms with Gasteiger partial charge in [-0.05, 0) is 0 Å². The Kier molecular flexibility index (Phi) is 8.12. The number of aliphatic hydroxyl groups excluding tert-OH is 2. The van der Waals surface area contributed by atoms with Gasteiger partial charge in [-0.25, -0.2) is 0 Å². The fraction of sp³-hybridized carbons (Fsp3) is 0.333. The minimum atomic E-state index is -0.787. The van der Waals surface area contributed by atoms with Gasteiger partial charge in [0.1, 0.15) is 0 Å². The molecule has 0 bridgehead atoms. The fourth-order valence-corrected chi connectivity index (χ4v) is 9.89. The van der Waals surface area contributed by atoms with E-state index in [9.17, 15) is 30.4 Å². The van der Waals surface area contributed by atoms with Gasteiger partial charge in [-0.2, -0.15) is 0 Å². The molecule has 8 nitrogen and oxygen atoms in total. The Morgan fingerprint density at radius 2 is 1.18 bits per heavy atom. The molecule has 2 aromatic carbocycles. The molecular weight excluding hydrogens is 498 g/mol. The molecule has 0 aliphatic carbocycles. The molecule has 0 aliphatic rings. The Morgan fingerprint density at radius 1 is 0.821 bits per heavy atom. The number of benzene rings is 2. The molecule has 2 atom stereocenters. The van der Waals surface area contributed by atoms with Crippen LogP contribution in [0.4, 0.5) is 11.4 Å². The second-order valence-corrected chi connectivity index (χ2v) is 12.2. The van der Waals surface area contributed by atoms with Crippen molar-refractivity contribution in [1.29, 1.82) is 0 Å². The van der Waals surface area contributed by atoms with Gasteiger partial charge in [-0.15, -0.1) is 0 Å². The van der Waals surface area contributed by atoms with Gasteiger partial charge in [-0.1, -0.05) is 0 Å². The van der Waals surface area contributed by atoms with E-state index in [1.807, 2.05) is 0 Å². The van der Waals surface area contributed by atoms with Crippen LogP contribution in [0.2, 0.25) is 0 Å². The van der Waals surface area contributed by atoms with Crippen molar-refractivity contribution in [3.8, 4) is 0 Å². The third kappa shape index (κ3) is 5.38. The molecule has 0 amide bonds. The van der Waals surface area contributed by atoms with E-state index in [0.29, 0.717) is 24.0 Å². The van der Waals surface area contributed by atoms with E-state index in [4.69, 9.17) is 0 Å². The van der Waals surface area contributed by atoms with Crippen molar-refractivity contribution in [2.75, 3.05) is 0 Å². The van der Waals surface area contributed by atoms with Crippen LogP contribution in [-0.4, -0.2) is 46.3 Å². The third-order valence-electron chi connectivity index (χ3n) is 4.12. The fourth-order valence-electron chi connectivity index (χ4n) is 2.50. The molecule has 0 fully saturated rings. The maximum absolute atomic E-state index is 11.0. The molecule has 0 heterocycles. The topological polar surface area (TPSA) is 127 Å². The molecule has 0 aliphatic heterocycles. The van der Waals surface area contributed by atoms with Crippen molar-refractivity contribution < 1.29 is 20.1 Å². The van der Waals surface area contributed by atoms with Crippen LogP contribution in [0.15, 0.2) is 36.4 Å². The molecule has 10 heteroatoms. The number of hydrogen-bond acceptors (Lipinski definition) is 6. The zero-order valence-electron chi connectivity index (χ0n) is 15.3. The predicted molar refractivity (Wildman–Crippen MR) is 107 cm³/mol. The summed E-state index contributed by atoms with van der Waals surface area (Å²) in [5.41, 5.74) is 0.982. The first kappa shape index (κ1) is 22.5. The van der Waals surface area contributed by atoms with Crippen LogP contribution in [0.1, 0.15) is 50.0 Å². The zero-order valence-corrected chi connectivity index (χ0v) is 18.7. The van der Waals surface area contributed by atoms with E-state index in [1.165, 1.54) is 24.3 Å². The number of rotatable bonds is 9. The van der Waals surface area contributed by atoms with Crippen LogP contribution in [-0.2, 0) is 0 Å². The Morgan fingerprint density at radius 3 is 1.46 bits per heavy atom. The van der Waals surface area contributed by atoms with Crippen molar-refractivity contribution in [1.82, 2.24) is 0 Å². The molecule has 0 aromatic heterocycles. The summed E-state index contributed by atoms with van der Waals surface area (Å²) in [4.78, 5) is 21.1. The average Bonchev–Trinajstić information content (AvgIpc) is 2.70. The van der Waals surface area contributed by atoms with Crippen molar-refractivity contribution >= 4 is 46.6 Å². The van der Waals surface area contributed by atoms with Crippen molar-refractivity contribution in [2.45, 2.75) is 38.9 Å². The summed E-state index contributed by atoms with van der Waals surface area (Å²) in [6.45, 7) is 3.61. The standard InChI is InChI=1S/C18H20N2O6Se2/c1-3-15(21)13-9-11(19(23)24)5-7-17(13)27-28-18-8-6-12(20(25)26)10-14(18)16(22)4-2/h5-10,15-16,21-22H,3-4H2,1-2H3. The van der Waals surface area contributed by atoms with Gasteiger partial charge in [0, 0.05) is 0 Å². The first-order valence-electron chi connectivity index (χ1n) is 8.55. The van der Waals surface area contributed by atoms with Crippen molar-refractivity contribution in [3.05, 3.63) is 67.8 Å². The zero-order chi connectivity index (χ0) is 20.8. The number of hydrogen-bond donors (Lipinski definition) is 2. The quantitative estimate of drug-likeness (QED) is 0.296. The van der Waals surface area contributed by atoms with Gasteiger partial charge in [-0.3, -0.25) is 0 Å². The summed E-state index contributed by atoms with van der Waals surface area (Å²) in [7, 11) is 0. The predicted octanol–water partition coefficient (Wildman–Crippen LogP) is 1.66. The van der Waals surface area contributed by atoms with Gasteiger partial charge in [0.25, 0.3) is 0 Å². The van der Waals surface area contributed by atoms with Crippen LogP contribution in [0.5, 0.6) is 0 Å². The number of non-ortho nitro benzene ring substituents is 2. The second kappa shape index (κ2) is 10.1. The maximum atomic E-state index is 11.0. The van der Waals surface area contributed by atoms with E-state index < -0.39 is 22.1 Å². The van der Waals surface area contributed by atoms with E-state index in [1.54, 1.807) is 26.0 Å². The second-order valence-electron chi connectivity index (χ2n) is 5.97. The average molecular weight is 518 g/mol. The Hall–Kier alpha value is -1.80. The number of aliphatic hydroxyl groups is 2. The van der Waals surface area contributed by atoms with Crippen molar-refractivity contribution in [2.24, 2.45) is 0 Å². The summed E-state index contributed by atoms with van der Waals surface area (Å²) >= 11 is -0.238. The van der Waals surface area contributed by atoms with Crippen LogP contribution in [0.3, 0.4) is 0 Å². The summed E-state index contributed by atoms with van der Waals surface area (Å²) in [5.74, 6) is 0. The van der Waals surface area contributed by atoms with Crippen LogP contribution in [0, 0.1) is 20.2 Å². The summed E-state index contributed by atoms with van der Waals surface area (Å²) < 4.78 is 1.73. The van der Waals surface area contributed by atoms with E-state index in [2.05, 4.69) is 0 Å². The summed E-state index contributed by atoms with van der Waals surface area (Å²) in [6.07, 6.45) is -0.696. The third-order valence-corrected chi connectivity index (χ3v) is 11.4. The number of nitrogens with zero attached hydrogens (tertiary/aromatic N) is 2. The van der Waals surface area contributed by atoms with Crippen LogP contribution < -0.4 is 8.92 Å². The number of nitro groups is 2. The Balaban J connectivity index is 2.35. The molecular formula is C18H20N2O6Se2. The van der Waals surface area contributed by atoms with Crippen molar-refractivity contribution in [3.63, 3.8) is 0 Å². The minimum absolute atomic E-state index is 0.0630. The van der Waals surface area contributed by atoms with E-state index in [-0.39, 0.29) is 37.6 Å². The first-order valence-corrected chi connectivity index (χ1v) is 14.6. The summed E-state index contributed by atoms with van der Waals surface area (Å²) in [6, 6.07) is 9.04. The first-order chi connectivity index (χ1) is 13.3. The molecule has 0 saturated heterocycles. The molecule has 2 unspecified atom stereocenters. The van der Waals surface area contributed by atoms with E-state index >= 15 is 0 Å². The van der Waals surface area contributed by atoms with Gasteiger partial charge >= 0.3 is 173 Å². The molecule has 28 heavy (non-hydrogen) atoms. The molecule has 2 aromatic rings. The summed E-state index contributed by atoms with van der Waals surface area (Å²) in [5, 5.41) is 42.6. The number of nitro benzene ring substituents is 2. The van der Waals surface area contributed by atoms with Gasteiger partial charge in [0.05, 0.1) is 0 Å². The van der Waals surface area contributed by atoms with Crippen LogP contribution >= 0.6 is 0 Å². The van der Waals surface area contributed by atoms with E-state index in [0.717, 1.165) is 8.92 Å². The molecule has 0 saturated carbocycles. The SMILES string of the molecule is CCC(O)c1cc([N+](=O)[O-])ccc1[Se][Se]c1ccc([N+](=O)[O-])cc1C(O)CC. The Bertz CT molecular complexity index is 806.